The second-order valence-electron chi connectivity index (χ2n) is 8.45. The fourth-order valence-electron chi connectivity index (χ4n) is 4.23. The van der Waals surface area contributed by atoms with E-state index in [0.29, 0.717) is 11.0 Å². The zero-order valence-corrected chi connectivity index (χ0v) is 13.2. The molecule has 1 unspecified atom stereocenters. The molecule has 2 aliphatic carbocycles. The molecule has 0 bridgehead atoms. The molecule has 1 N–H and O–H groups in total. The smallest absolute Gasteiger partial charge is 0.0309 e. The molecule has 0 aromatic heterocycles. The minimum atomic E-state index is 0.400. The molecule has 3 aliphatic rings. The first kappa shape index (κ1) is 13.9. The molecule has 2 nitrogen and oxygen atoms in total. The van der Waals surface area contributed by atoms with Crippen LogP contribution in [0, 0.1) is 11.3 Å². The summed E-state index contributed by atoms with van der Waals surface area (Å²) in [5.74, 6) is 1.06. The number of rotatable bonds is 3. The van der Waals surface area contributed by atoms with E-state index in [-0.39, 0.29) is 0 Å². The summed E-state index contributed by atoms with van der Waals surface area (Å²) in [4.78, 5) is 2.85. The second kappa shape index (κ2) is 5.04. The lowest BCUT2D eigenvalue weighted by Gasteiger charge is -2.51. The van der Waals surface area contributed by atoms with Gasteiger partial charge in [0.25, 0.3) is 0 Å². The lowest BCUT2D eigenvalue weighted by molar-refractivity contribution is 0.0221. The van der Waals surface area contributed by atoms with Gasteiger partial charge < -0.3 is 5.32 Å². The average Bonchev–Trinajstić information content (AvgIpc) is 3.07. The van der Waals surface area contributed by atoms with E-state index in [0.717, 1.165) is 12.0 Å². The van der Waals surface area contributed by atoms with Crippen LogP contribution in [0.25, 0.3) is 0 Å². The second-order valence-corrected chi connectivity index (χ2v) is 8.45. The fourth-order valence-corrected chi connectivity index (χ4v) is 4.23. The normalized spacial score (nSPS) is 32.1. The first-order chi connectivity index (χ1) is 8.99. The van der Waals surface area contributed by atoms with E-state index < -0.39 is 0 Å². The van der Waals surface area contributed by atoms with E-state index in [1.165, 1.54) is 64.6 Å². The maximum atomic E-state index is 3.94. The molecule has 110 valence electrons. The van der Waals surface area contributed by atoms with Crippen LogP contribution in [0.3, 0.4) is 0 Å². The van der Waals surface area contributed by atoms with Gasteiger partial charge in [0.1, 0.15) is 0 Å². The lowest BCUT2D eigenvalue weighted by Crippen LogP contribution is -2.66. The molecular weight excluding hydrogens is 232 g/mol. The maximum Gasteiger partial charge on any atom is 0.0309 e. The Morgan fingerprint density at radius 1 is 1.16 bits per heavy atom. The van der Waals surface area contributed by atoms with Crippen molar-refractivity contribution in [1.29, 1.82) is 0 Å². The Kier molecular flexibility index (Phi) is 3.68. The SMILES string of the molecule is CC(C)(C)C1CNC2(CCCC2)CN1CCC1CC1. The fraction of sp³-hybridized carbons (Fsp3) is 1.00. The summed E-state index contributed by atoms with van der Waals surface area (Å²) < 4.78 is 0. The molecule has 0 aromatic rings. The van der Waals surface area contributed by atoms with E-state index in [1.807, 2.05) is 0 Å². The minimum Gasteiger partial charge on any atom is -0.308 e. The monoisotopic (exact) mass is 264 g/mol. The van der Waals surface area contributed by atoms with Gasteiger partial charge in [-0.25, -0.2) is 0 Å². The zero-order valence-electron chi connectivity index (χ0n) is 13.2. The summed E-state index contributed by atoms with van der Waals surface area (Å²) in [6.45, 7) is 11.1. The molecule has 1 aliphatic heterocycles. The maximum absolute atomic E-state index is 3.94. The summed E-state index contributed by atoms with van der Waals surface area (Å²) in [5, 5.41) is 3.94. The molecule has 3 fully saturated rings. The highest BCUT2D eigenvalue weighted by Gasteiger charge is 2.44. The van der Waals surface area contributed by atoms with Gasteiger partial charge in [-0.05, 0) is 37.1 Å². The molecule has 1 heterocycles. The van der Waals surface area contributed by atoms with Crippen molar-refractivity contribution in [3.8, 4) is 0 Å². The Labute approximate surface area is 119 Å². The predicted molar refractivity (Wildman–Crippen MR) is 81.4 cm³/mol. The predicted octanol–water partition coefficient (Wildman–Crippen LogP) is 3.42. The Hall–Kier alpha value is -0.0800. The van der Waals surface area contributed by atoms with Gasteiger partial charge in [0.15, 0.2) is 0 Å². The van der Waals surface area contributed by atoms with E-state index >= 15 is 0 Å². The van der Waals surface area contributed by atoms with Gasteiger partial charge in [-0.1, -0.05) is 46.5 Å². The lowest BCUT2D eigenvalue weighted by atomic mass is 9.81. The summed E-state index contributed by atoms with van der Waals surface area (Å²) in [5.41, 5.74) is 0.877. The number of piperazine rings is 1. The quantitative estimate of drug-likeness (QED) is 0.840. The Morgan fingerprint density at radius 3 is 2.42 bits per heavy atom. The summed E-state index contributed by atoms with van der Waals surface area (Å²) >= 11 is 0. The highest BCUT2D eigenvalue weighted by atomic mass is 15.3. The molecule has 1 spiro atoms. The van der Waals surface area contributed by atoms with Gasteiger partial charge in [-0.2, -0.15) is 0 Å². The van der Waals surface area contributed by atoms with Crippen molar-refractivity contribution in [3.63, 3.8) is 0 Å². The summed E-state index contributed by atoms with van der Waals surface area (Å²) in [7, 11) is 0. The number of hydrogen-bond donors (Lipinski definition) is 1. The Bertz CT molecular complexity index is 308. The topological polar surface area (TPSA) is 15.3 Å². The third-order valence-corrected chi connectivity index (χ3v) is 5.70. The summed E-state index contributed by atoms with van der Waals surface area (Å²) in [6, 6.07) is 0.720. The van der Waals surface area contributed by atoms with Crippen LogP contribution in [0.1, 0.15) is 65.7 Å². The Morgan fingerprint density at radius 2 is 1.84 bits per heavy atom. The number of nitrogens with zero attached hydrogens (tertiary/aromatic N) is 1. The van der Waals surface area contributed by atoms with Crippen LogP contribution in [0.5, 0.6) is 0 Å². The van der Waals surface area contributed by atoms with Crippen LogP contribution < -0.4 is 5.32 Å². The van der Waals surface area contributed by atoms with Crippen molar-refractivity contribution in [2.75, 3.05) is 19.6 Å². The highest BCUT2D eigenvalue weighted by Crippen LogP contribution is 2.38. The Balaban J connectivity index is 1.67. The summed E-state index contributed by atoms with van der Waals surface area (Å²) in [6.07, 6.45) is 10.1. The van der Waals surface area contributed by atoms with Gasteiger partial charge in [0.05, 0.1) is 0 Å². The van der Waals surface area contributed by atoms with Crippen molar-refractivity contribution >= 4 is 0 Å². The molecule has 1 saturated heterocycles. The van der Waals surface area contributed by atoms with Crippen LogP contribution in [-0.2, 0) is 0 Å². The zero-order chi connectivity index (χ0) is 13.5. The molecule has 2 saturated carbocycles. The molecule has 1 atom stereocenters. The number of nitrogens with one attached hydrogen (secondary N) is 1. The number of hydrogen-bond acceptors (Lipinski definition) is 2. The van der Waals surface area contributed by atoms with Crippen LogP contribution in [0.15, 0.2) is 0 Å². The van der Waals surface area contributed by atoms with Crippen LogP contribution in [0.2, 0.25) is 0 Å². The first-order valence-corrected chi connectivity index (χ1v) is 8.48. The van der Waals surface area contributed by atoms with Crippen LogP contribution >= 0.6 is 0 Å². The molecule has 0 radical (unpaired) electrons. The molecule has 0 amide bonds. The van der Waals surface area contributed by atoms with Crippen molar-refractivity contribution in [1.82, 2.24) is 10.2 Å². The highest BCUT2D eigenvalue weighted by molar-refractivity contribution is 5.03. The van der Waals surface area contributed by atoms with Crippen molar-refractivity contribution in [3.05, 3.63) is 0 Å². The molecular formula is C17H32N2. The molecule has 19 heavy (non-hydrogen) atoms. The van der Waals surface area contributed by atoms with E-state index in [1.54, 1.807) is 0 Å². The van der Waals surface area contributed by atoms with Crippen molar-refractivity contribution < 1.29 is 0 Å². The van der Waals surface area contributed by atoms with Crippen LogP contribution in [0.4, 0.5) is 0 Å². The third kappa shape index (κ3) is 3.16. The largest absolute Gasteiger partial charge is 0.308 e. The molecule has 3 rings (SSSR count). The standard InChI is InChI=1S/C17H32N2/c1-16(2,3)15-12-18-17(9-4-5-10-17)13-19(15)11-8-14-6-7-14/h14-15,18H,4-13H2,1-3H3. The van der Waals surface area contributed by atoms with E-state index in [9.17, 15) is 0 Å². The van der Waals surface area contributed by atoms with Crippen LogP contribution in [-0.4, -0.2) is 36.1 Å². The van der Waals surface area contributed by atoms with Crippen molar-refractivity contribution in [2.45, 2.75) is 77.3 Å². The van der Waals surface area contributed by atoms with Gasteiger partial charge >= 0.3 is 0 Å². The van der Waals surface area contributed by atoms with Gasteiger partial charge in [0, 0.05) is 24.7 Å². The van der Waals surface area contributed by atoms with E-state index in [2.05, 4.69) is 31.0 Å². The molecule has 2 heteroatoms. The minimum absolute atomic E-state index is 0.400. The van der Waals surface area contributed by atoms with E-state index in [4.69, 9.17) is 0 Å². The van der Waals surface area contributed by atoms with Crippen molar-refractivity contribution in [2.24, 2.45) is 11.3 Å². The van der Waals surface area contributed by atoms with Gasteiger partial charge in [-0.3, -0.25) is 4.90 Å². The van der Waals surface area contributed by atoms with Gasteiger partial charge in [0.2, 0.25) is 0 Å². The third-order valence-electron chi connectivity index (χ3n) is 5.70. The molecule has 0 aromatic carbocycles. The average molecular weight is 264 g/mol. The van der Waals surface area contributed by atoms with Gasteiger partial charge in [-0.15, -0.1) is 0 Å². The first-order valence-electron chi connectivity index (χ1n) is 8.48.